The van der Waals surface area contributed by atoms with E-state index in [1.165, 1.54) is 13.5 Å². The molecule has 0 aromatic heterocycles. The molecule has 0 bridgehead atoms. The molecule has 0 radical (unpaired) electrons. The van der Waals surface area contributed by atoms with Crippen LogP contribution in [0.4, 0.5) is 0 Å². The SMILES string of the molecule is COC(=O)CNCC1(O)CCCCC1. The highest BCUT2D eigenvalue weighted by molar-refractivity contribution is 5.71. The monoisotopic (exact) mass is 201 g/mol. The van der Waals surface area contributed by atoms with Crippen molar-refractivity contribution in [3.05, 3.63) is 0 Å². The fourth-order valence-electron chi connectivity index (χ4n) is 1.86. The van der Waals surface area contributed by atoms with Crippen LogP contribution >= 0.6 is 0 Å². The van der Waals surface area contributed by atoms with E-state index in [4.69, 9.17) is 0 Å². The molecule has 1 aliphatic rings. The molecule has 4 heteroatoms. The molecule has 0 saturated heterocycles. The molecular weight excluding hydrogens is 182 g/mol. The van der Waals surface area contributed by atoms with Crippen LogP contribution in [0, 0.1) is 0 Å². The molecule has 1 rings (SSSR count). The summed E-state index contributed by atoms with van der Waals surface area (Å²) in [6.07, 6.45) is 5.04. The van der Waals surface area contributed by atoms with Crippen LogP contribution in [0.3, 0.4) is 0 Å². The van der Waals surface area contributed by atoms with Crippen molar-refractivity contribution >= 4 is 5.97 Å². The number of carbonyl (C=O) groups excluding carboxylic acids is 1. The first-order valence-electron chi connectivity index (χ1n) is 5.16. The van der Waals surface area contributed by atoms with Crippen LogP contribution in [0.5, 0.6) is 0 Å². The zero-order valence-electron chi connectivity index (χ0n) is 8.71. The van der Waals surface area contributed by atoms with Crippen LogP contribution in [0.25, 0.3) is 0 Å². The van der Waals surface area contributed by atoms with Gasteiger partial charge in [0.1, 0.15) is 0 Å². The molecule has 0 aliphatic heterocycles. The largest absolute Gasteiger partial charge is 0.468 e. The average Bonchev–Trinajstić information content (AvgIpc) is 2.18. The summed E-state index contributed by atoms with van der Waals surface area (Å²) in [6.45, 7) is 0.668. The van der Waals surface area contributed by atoms with E-state index in [0.717, 1.165) is 25.7 Å². The summed E-state index contributed by atoms with van der Waals surface area (Å²) in [5, 5.41) is 13.0. The van der Waals surface area contributed by atoms with Gasteiger partial charge in [0.05, 0.1) is 19.3 Å². The second-order valence-corrected chi connectivity index (χ2v) is 3.96. The molecule has 1 saturated carbocycles. The maximum absolute atomic E-state index is 10.8. The van der Waals surface area contributed by atoms with Crippen molar-refractivity contribution in [3.63, 3.8) is 0 Å². The van der Waals surface area contributed by atoms with Crippen LogP contribution < -0.4 is 5.32 Å². The number of methoxy groups -OCH3 is 1. The molecule has 14 heavy (non-hydrogen) atoms. The highest BCUT2D eigenvalue weighted by Crippen LogP contribution is 2.27. The normalized spacial score (nSPS) is 20.4. The molecule has 82 valence electrons. The van der Waals surface area contributed by atoms with Gasteiger partial charge in [0.2, 0.25) is 0 Å². The molecule has 0 atom stereocenters. The van der Waals surface area contributed by atoms with Gasteiger partial charge in [-0.05, 0) is 12.8 Å². The molecule has 0 aromatic rings. The van der Waals surface area contributed by atoms with Gasteiger partial charge in [0.15, 0.2) is 0 Å². The van der Waals surface area contributed by atoms with Gasteiger partial charge in [0.25, 0.3) is 0 Å². The van der Waals surface area contributed by atoms with Crippen LogP contribution in [0.15, 0.2) is 0 Å². The minimum absolute atomic E-state index is 0.179. The third kappa shape index (κ3) is 3.64. The lowest BCUT2D eigenvalue weighted by Gasteiger charge is -2.32. The van der Waals surface area contributed by atoms with Crippen molar-refractivity contribution in [3.8, 4) is 0 Å². The van der Waals surface area contributed by atoms with Gasteiger partial charge < -0.3 is 15.2 Å². The predicted molar refractivity (Wildman–Crippen MR) is 52.9 cm³/mol. The molecule has 0 spiro atoms. The Balaban J connectivity index is 2.18. The van der Waals surface area contributed by atoms with Gasteiger partial charge in [-0.1, -0.05) is 19.3 Å². The maximum atomic E-state index is 10.8. The zero-order chi connectivity index (χ0) is 10.4. The number of rotatable bonds is 4. The molecule has 0 unspecified atom stereocenters. The number of carbonyl (C=O) groups is 1. The van der Waals surface area contributed by atoms with Crippen molar-refractivity contribution in [2.24, 2.45) is 0 Å². The second kappa shape index (κ2) is 5.32. The first kappa shape index (κ1) is 11.5. The molecule has 1 fully saturated rings. The Bertz CT molecular complexity index is 188. The molecule has 0 aromatic carbocycles. The summed E-state index contributed by atoms with van der Waals surface area (Å²) >= 11 is 0. The van der Waals surface area contributed by atoms with Crippen molar-refractivity contribution in [2.75, 3.05) is 20.2 Å². The Kier molecular flexibility index (Phi) is 4.35. The highest BCUT2D eigenvalue weighted by Gasteiger charge is 2.28. The van der Waals surface area contributed by atoms with E-state index in [-0.39, 0.29) is 12.5 Å². The summed E-state index contributed by atoms with van der Waals surface area (Å²) in [7, 11) is 1.36. The van der Waals surface area contributed by atoms with Gasteiger partial charge in [-0.25, -0.2) is 0 Å². The minimum Gasteiger partial charge on any atom is -0.468 e. The van der Waals surface area contributed by atoms with Gasteiger partial charge in [-0.15, -0.1) is 0 Å². The minimum atomic E-state index is -0.605. The molecule has 1 aliphatic carbocycles. The first-order chi connectivity index (χ1) is 6.66. The van der Waals surface area contributed by atoms with E-state index in [2.05, 4.69) is 10.1 Å². The lowest BCUT2D eigenvalue weighted by molar-refractivity contribution is -0.139. The van der Waals surface area contributed by atoms with E-state index >= 15 is 0 Å². The number of hydrogen-bond donors (Lipinski definition) is 2. The summed E-state index contributed by atoms with van der Waals surface area (Å²) in [5.41, 5.74) is -0.605. The maximum Gasteiger partial charge on any atom is 0.319 e. The van der Waals surface area contributed by atoms with Crippen LogP contribution in [0.2, 0.25) is 0 Å². The summed E-state index contributed by atoms with van der Waals surface area (Å²) in [6, 6.07) is 0. The van der Waals surface area contributed by atoms with E-state index in [9.17, 15) is 9.90 Å². The first-order valence-corrected chi connectivity index (χ1v) is 5.16. The molecule has 4 nitrogen and oxygen atoms in total. The van der Waals surface area contributed by atoms with Crippen LogP contribution in [-0.2, 0) is 9.53 Å². The molecule has 2 N–H and O–H groups in total. The number of hydrogen-bond acceptors (Lipinski definition) is 4. The van der Waals surface area contributed by atoms with Crippen molar-refractivity contribution < 1.29 is 14.6 Å². The number of ether oxygens (including phenoxy) is 1. The fraction of sp³-hybridized carbons (Fsp3) is 0.900. The summed E-state index contributed by atoms with van der Waals surface area (Å²) in [4.78, 5) is 10.8. The van der Waals surface area contributed by atoms with Gasteiger partial charge >= 0.3 is 5.97 Å². The van der Waals surface area contributed by atoms with Crippen LogP contribution in [0.1, 0.15) is 32.1 Å². The smallest absolute Gasteiger partial charge is 0.319 e. The Morgan fingerprint density at radius 1 is 1.43 bits per heavy atom. The van der Waals surface area contributed by atoms with Gasteiger partial charge in [-0.3, -0.25) is 4.79 Å². The van der Waals surface area contributed by atoms with Crippen molar-refractivity contribution in [1.82, 2.24) is 5.32 Å². The average molecular weight is 201 g/mol. The Morgan fingerprint density at radius 3 is 2.64 bits per heavy atom. The summed E-state index contributed by atoms with van der Waals surface area (Å²) < 4.78 is 4.49. The van der Waals surface area contributed by atoms with E-state index < -0.39 is 5.60 Å². The highest BCUT2D eigenvalue weighted by atomic mass is 16.5. The number of nitrogens with one attached hydrogen (secondary N) is 1. The van der Waals surface area contributed by atoms with E-state index in [0.29, 0.717) is 6.54 Å². The predicted octanol–water partition coefficient (Wildman–Crippen LogP) is 0.444. The number of aliphatic hydroxyl groups is 1. The van der Waals surface area contributed by atoms with Crippen LogP contribution in [-0.4, -0.2) is 36.9 Å². The lowest BCUT2D eigenvalue weighted by atomic mass is 9.85. The van der Waals surface area contributed by atoms with Gasteiger partial charge in [-0.2, -0.15) is 0 Å². The Hall–Kier alpha value is -0.610. The summed E-state index contributed by atoms with van der Waals surface area (Å²) in [5.74, 6) is -0.288. The third-order valence-electron chi connectivity index (χ3n) is 2.74. The fourth-order valence-corrected chi connectivity index (χ4v) is 1.86. The van der Waals surface area contributed by atoms with E-state index in [1.54, 1.807) is 0 Å². The topological polar surface area (TPSA) is 58.6 Å². The lowest BCUT2D eigenvalue weighted by Crippen LogP contribution is -2.43. The zero-order valence-corrected chi connectivity index (χ0v) is 8.71. The van der Waals surface area contributed by atoms with Crippen molar-refractivity contribution in [2.45, 2.75) is 37.7 Å². The Labute approximate surface area is 84.6 Å². The van der Waals surface area contributed by atoms with Gasteiger partial charge in [0, 0.05) is 6.54 Å². The van der Waals surface area contributed by atoms with E-state index in [1.807, 2.05) is 0 Å². The third-order valence-corrected chi connectivity index (χ3v) is 2.74. The molecule has 0 heterocycles. The Morgan fingerprint density at radius 2 is 2.07 bits per heavy atom. The molecule has 0 amide bonds. The van der Waals surface area contributed by atoms with Crippen molar-refractivity contribution in [1.29, 1.82) is 0 Å². The standard InChI is InChI=1S/C10H19NO3/c1-14-9(12)7-11-8-10(13)5-3-2-4-6-10/h11,13H,2-8H2,1H3. The quantitative estimate of drug-likeness (QED) is 0.648. The second-order valence-electron chi connectivity index (χ2n) is 3.96. The molecular formula is C10H19NO3. The number of esters is 1.